The molecule has 1 amide bonds. The summed E-state index contributed by atoms with van der Waals surface area (Å²) >= 11 is 0. The van der Waals surface area contributed by atoms with Crippen LogP contribution in [-0.4, -0.2) is 21.9 Å². The second-order valence-electron chi connectivity index (χ2n) is 6.51. The lowest BCUT2D eigenvalue weighted by Crippen LogP contribution is -2.20. The first-order valence-electron chi connectivity index (χ1n) is 8.97. The van der Waals surface area contributed by atoms with E-state index in [0.717, 1.165) is 11.1 Å². The number of hydrogen-bond acceptors (Lipinski definition) is 5. The van der Waals surface area contributed by atoms with E-state index in [1.807, 2.05) is 0 Å². The standard InChI is InChI=1S/C22H18N2O6/c1-14-12-17(24(28)29)6-9-19(14)20-10-7-18(30-20)8-11-21(25)23-13-15-2-4-16(5-3-15)22(26)27/h2-12H,13H2,1H3,(H,23,25)(H,26,27)/b11-8+. The zero-order chi connectivity index (χ0) is 21.7. The highest BCUT2D eigenvalue weighted by Crippen LogP contribution is 2.28. The SMILES string of the molecule is Cc1cc([N+](=O)[O-])ccc1-c1ccc(/C=C/C(=O)NCc2ccc(C(=O)O)cc2)o1. The van der Waals surface area contributed by atoms with Gasteiger partial charge in [0, 0.05) is 30.3 Å². The first-order chi connectivity index (χ1) is 14.3. The summed E-state index contributed by atoms with van der Waals surface area (Å²) < 4.78 is 5.71. The number of nitro benzene ring substituents is 1. The second kappa shape index (κ2) is 8.87. The van der Waals surface area contributed by atoms with Crippen LogP contribution in [0.25, 0.3) is 17.4 Å². The topological polar surface area (TPSA) is 123 Å². The maximum absolute atomic E-state index is 12.0. The van der Waals surface area contributed by atoms with Gasteiger partial charge in [-0.3, -0.25) is 14.9 Å². The number of carboxylic acid groups (broad SMARTS) is 1. The Morgan fingerprint density at radius 2 is 1.87 bits per heavy atom. The molecule has 2 N–H and O–H groups in total. The van der Waals surface area contributed by atoms with Crippen LogP contribution in [0.2, 0.25) is 0 Å². The van der Waals surface area contributed by atoms with E-state index < -0.39 is 10.9 Å². The van der Waals surface area contributed by atoms with Crippen molar-refractivity contribution in [3.05, 3.63) is 93.2 Å². The molecule has 0 radical (unpaired) electrons. The van der Waals surface area contributed by atoms with E-state index in [2.05, 4.69) is 5.32 Å². The van der Waals surface area contributed by atoms with E-state index in [-0.39, 0.29) is 23.7 Å². The van der Waals surface area contributed by atoms with Gasteiger partial charge in [0.15, 0.2) is 0 Å². The number of amides is 1. The predicted octanol–water partition coefficient (Wildman–Crippen LogP) is 4.19. The third-order valence-corrected chi connectivity index (χ3v) is 4.38. The number of carboxylic acids is 1. The molecule has 2 aromatic carbocycles. The Morgan fingerprint density at radius 1 is 1.13 bits per heavy atom. The van der Waals surface area contributed by atoms with Gasteiger partial charge in [-0.1, -0.05) is 12.1 Å². The number of carbonyl (C=O) groups excluding carboxylic acids is 1. The molecule has 0 atom stereocenters. The molecule has 8 heteroatoms. The quantitative estimate of drug-likeness (QED) is 0.345. The van der Waals surface area contributed by atoms with Gasteiger partial charge in [-0.2, -0.15) is 0 Å². The van der Waals surface area contributed by atoms with E-state index in [4.69, 9.17) is 9.52 Å². The smallest absolute Gasteiger partial charge is 0.335 e. The van der Waals surface area contributed by atoms with Crippen LogP contribution in [0.4, 0.5) is 5.69 Å². The summed E-state index contributed by atoms with van der Waals surface area (Å²) in [5.41, 5.74) is 2.41. The van der Waals surface area contributed by atoms with Gasteiger partial charge in [0.25, 0.3) is 5.69 Å². The molecule has 30 heavy (non-hydrogen) atoms. The molecule has 0 aliphatic heterocycles. The minimum Gasteiger partial charge on any atom is -0.478 e. The van der Waals surface area contributed by atoms with Crippen molar-refractivity contribution in [3.63, 3.8) is 0 Å². The van der Waals surface area contributed by atoms with Gasteiger partial charge < -0.3 is 14.8 Å². The van der Waals surface area contributed by atoms with Crippen molar-refractivity contribution in [2.45, 2.75) is 13.5 Å². The Morgan fingerprint density at radius 3 is 2.50 bits per heavy atom. The average molecular weight is 406 g/mol. The van der Waals surface area contributed by atoms with Crippen LogP contribution in [0.15, 0.2) is 65.1 Å². The van der Waals surface area contributed by atoms with Crippen molar-refractivity contribution in [2.75, 3.05) is 0 Å². The Kier molecular flexibility index (Phi) is 6.07. The van der Waals surface area contributed by atoms with Crippen molar-refractivity contribution in [3.8, 4) is 11.3 Å². The average Bonchev–Trinajstić information content (AvgIpc) is 3.19. The van der Waals surface area contributed by atoms with E-state index in [1.165, 1.54) is 36.4 Å². The van der Waals surface area contributed by atoms with Gasteiger partial charge in [-0.15, -0.1) is 0 Å². The van der Waals surface area contributed by atoms with Crippen LogP contribution in [0.3, 0.4) is 0 Å². The van der Waals surface area contributed by atoms with Crippen LogP contribution in [0.1, 0.15) is 27.2 Å². The Balaban J connectivity index is 1.60. The summed E-state index contributed by atoms with van der Waals surface area (Å²) in [7, 11) is 0. The van der Waals surface area contributed by atoms with E-state index in [0.29, 0.717) is 17.1 Å². The molecule has 3 aromatic rings. The molecule has 1 aromatic heterocycles. The number of aromatic carboxylic acids is 1. The van der Waals surface area contributed by atoms with Crippen LogP contribution < -0.4 is 5.32 Å². The molecule has 152 valence electrons. The Bertz CT molecular complexity index is 1130. The Labute approximate surface area is 171 Å². The van der Waals surface area contributed by atoms with Crippen molar-refractivity contribution < 1.29 is 24.0 Å². The van der Waals surface area contributed by atoms with Crippen molar-refractivity contribution in [2.24, 2.45) is 0 Å². The molecule has 0 saturated heterocycles. The molecule has 0 fully saturated rings. The lowest BCUT2D eigenvalue weighted by Gasteiger charge is -2.03. The second-order valence-corrected chi connectivity index (χ2v) is 6.51. The molecule has 0 bridgehead atoms. The molecular formula is C22H18N2O6. The van der Waals surface area contributed by atoms with E-state index >= 15 is 0 Å². The molecule has 8 nitrogen and oxygen atoms in total. The van der Waals surface area contributed by atoms with Crippen molar-refractivity contribution >= 4 is 23.6 Å². The van der Waals surface area contributed by atoms with E-state index in [1.54, 1.807) is 37.3 Å². The number of nitrogens with zero attached hydrogens (tertiary/aromatic N) is 1. The lowest BCUT2D eigenvalue weighted by molar-refractivity contribution is -0.384. The number of rotatable bonds is 7. The third kappa shape index (κ3) is 4.99. The normalized spacial score (nSPS) is 10.8. The molecule has 0 spiro atoms. The highest BCUT2D eigenvalue weighted by atomic mass is 16.6. The fraction of sp³-hybridized carbons (Fsp3) is 0.0909. The van der Waals surface area contributed by atoms with Gasteiger partial charge in [-0.05, 0) is 54.5 Å². The summed E-state index contributed by atoms with van der Waals surface area (Å²) in [6.45, 7) is 2.02. The number of nitrogens with one attached hydrogen (secondary N) is 1. The van der Waals surface area contributed by atoms with Crippen molar-refractivity contribution in [1.82, 2.24) is 5.32 Å². The maximum Gasteiger partial charge on any atom is 0.335 e. The summed E-state index contributed by atoms with van der Waals surface area (Å²) in [6.07, 6.45) is 2.85. The third-order valence-electron chi connectivity index (χ3n) is 4.38. The fourth-order valence-electron chi connectivity index (χ4n) is 2.80. The highest BCUT2D eigenvalue weighted by Gasteiger charge is 2.12. The molecule has 0 aliphatic rings. The number of benzene rings is 2. The van der Waals surface area contributed by atoms with Gasteiger partial charge >= 0.3 is 5.97 Å². The largest absolute Gasteiger partial charge is 0.478 e. The van der Waals surface area contributed by atoms with Crippen molar-refractivity contribution in [1.29, 1.82) is 0 Å². The zero-order valence-corrected chi connectivity index (χ0v) is 16.0. The number of nitro groups is 1. The summed E-state index contributed by atoms with van der Waals surface area (Å²) in [5.74, 6) is -0.332. The molecular weight excluding hydrogens is 388 g/mol. The first kappa shape index (κ1) is 20.5. The van der Waals surface area contributed by atoms with Crippen LogP contribution >= 0.6 is 0 Å². The fourth-order valence-corrected chi connectivity index (χ4v) is 2.80. The van der Waals surface area contributed by atoms with E-state index in [9.17, 15) is 19.7 Å². The molecule has 0 aliphatic carbocycles. The maximum atomic E-state index is 12.0. The number of hydrogen-bond donors (Lipinski definition) is 2. The monoisotopic (exact) mass is 406 g/mol. The number of carbonyl (C=O) groups is 2. The van der Waals surface area contributed by atoms with Gasteiger partial charge in [0.05, 0.1) is 10.5 Å². The Hall–Kier alpha value is -4.20. The summed E-state index contributed by atoms with van der Waals surface area (Å²) in [4.78, 5) is 33.2. The van der Waals surface area contributed by atoms with Gasteiger partial charge in [0.1, 0.15) is 11.5 Å². The minimum atomic E-state index is -1.00. The minimum absolute atomic E-state index is 0.0113. The van der Waals surface area contributed by atoms with Crippen LogP contribution in [0, 0.1) is 17.0 Å². The molecule has 1 heterocycles. The lowest BCUT2D eigenvalue weighted by atomic mass is 10.1. The van der Waals surface area contributed by atoms with Gasteiger partial charge in [0.2, 0.25) is 5.91 Å². The van der Waals surface area contributed by atoms with Gasteiger partial charge in [-0.25, -0.2) is 4.79 Å². The van der Waals surface area contributed by atoms with Crippen LogP contribution in [-0.2, 0) is 11.3 Å². The molecule has 3 rings (SSSR count). The number of furan rings is 1. The number of non-ortho nitro benzene ring substituents is 1. The predicted molar refractivity (Wildman–Crippen MR) is 110 cm³/mol. The zero-order valence-electron chi connectivity index (χ0n) is 16.0. The summed E-state index contributed by atoms with van der Waals surface area (Å²) in [6, 6.07) is 14.2. The number of aryl methyl sites for hydroxylation is 1. The molecule has 0 saturated carbocycles. The summed E-state index contributed by atoms with van der Waals surface area (Å²) in [5, 5.41) is 22.4. The highest BCUT2D eigenvalue weighted by molar-refractivity contribution is 5.91. The molecule has 0 unspecified atom stereocenters. The first-order valence-corrected chi connectivity index (χ1v) is 8.97. The van der Waals surface area contributed by atoms with Crippen LogP contribution in [0.5, 0.6) is 0 Å².